The largest absolute Gasteiger partial charge is 0.250 e. The Kier molecular flexibility index (Phi) is 2.86. The van der Waals surface area contributed by atoms with Gasteiger partial charge in [0, 0.05) is 11.9 Å². The summed E-state index contributed by atoms with van der Waals surface area (Å²) in [5, 5.41) is 8.65. The third-order valence-corrected chi connectivity index (χ3v) is 4.54. The van der Waals surface area contributed by atoms with Crippen LogP contribution < -0.4 is 0 Å². The normalized spacial score (nSPS) is 11.3. The van der Waals surface area contributed by atoms with Crippen molar-refractivity contribution in [3.63, 3.8) is 0 Å². The van der Waals surface area contributed by atoms with Crippen molar-refractivity contribution < 1.29 is 0 Å². The van der Waals surface area contributed by atoms with Crippen LogP contribution in [0.2, 0.25) is 0 Å². The van der Waals surface area contributed by atoms with Gasteiger partial charge >= 0.3 is 0 Å². The second-order valence-electron chi connectivity index (χ2n) is 4.76. The van der Waals surface area contributed by atoms with E-state index in [4.69, 9.17) is 0 Å². The molecule has 0 aliphatic rings. The number of fused-ring (bicyclic) bond motifs is 2. The molecule has 4 nitrogen and oxygen atoms in total. The number of nitrogens with zero attached hydrogens (tertiary/aromatic N) is 4. The second kappa shape index (κ2) is 4.86. The summed E-state index contributed by atoms with van der Waals surface area (Å²) in [6.45, 7) is 0. The summed E-state index contributed by atoms with van der Waals surface area (Å²) in [4.78, 5) is 9.89. The molecule has 21 heavy (non-hydrogen) atoms. The lowest BCUT2D eigenvalue weighted by Crippen LogP contribution is -1.92. The van der Waals surface area contributed by atoms with E-state index in [2.05, 4.69) is 57.5 Å². The van der Waals surface area contributed by atoms with Gasteiger partial charge in [0.2, 0.25) is 0 Å². The summed E-state index contributed by atoms with van der Waals surface area (Å²) >= 11 is 1.66. The Balaban J connectivity index is 1.87. The minimum Gasteiger partial charge on any atom is -0.250 e. The molecule has 0 amide bonds. The van der Waals surface area contributed by atoms with Gasteiger partial charge in [-0.05, 0) is 16.8 Å². The highest BCUT2D eigenvalue weighted by Gasteiger charge is 2.10. The van der Waals surface area contributed by atoms with Crippen LogP contribution in [0.1, 0.15) is 0 Å². The van der Waals surface area contributed by atoms with Crippen molar-refractivity contribution in [3.05, 3.63) is 55.0 Å². The van der Waals surface area contributed by atoms with E-state index in [0.717, 1.165) is 16.1 Å². The summed E-state index contributed by atoms with van der Waals surface area (Å²) in [7, 11) is 1.89. The molecule has 0 bridgehead atoms. The molecule has 0 atom stereocenters. The molecule has 0 unspecified atom stereocenters. The Morgan fingerprint density at radius 1 is 0.952 bits per heavy atom. The summed E-state index contributed by atoms with van der Waals surface area (Å²) < 4.78 is 1.77. The van der Waals surface area contributed by atoms with Crippen LogP contribution in [-0.4, -0.2) is 19.7 Å². The molecule has 0 N–H and O–H groups in total. The second-order valence-corrected chi connectivity index (χ2v) is 5.79. The predicted molar refractivity (Wildman–Crippen MR) is 84.4 cm³/mol. The van der Waals surface area contributed by atoms with Crippen LogP contribution in [0, 0.1) is 0 Å². The standard InChI is InChI=1S/C16H12N4S/c1-20-15-13(9-19-20)16(18-10-17-15)21-14-8-4-6-11-5-2-3-7-12(11)14/h2-10H,1H3. The molecule has 0 spiro atoms. The van der Waals surface area contributed by atoms with Crippen molar-refractivity contribution in [3.8, 4) is 0 Å². The van der Waals surface area contributed by atoms with Gasteiger partial charge < -0.3 is 0 Å². The number of rotatable bonds is 2. The van der Waals surface area contributed by atoms with Crippen LogP contribution in [0.3, 0.4) is 0 Å². The summed E-state index contributed by atoms with van der Waals surface area (Å²) in [6.07, 6.45) is 3.42. The minimum absolute atomic E-state index is 0.854. The zero-order chi connectivity index (χ0) is 14.2. The third kappa shape index (κ3) is 2.06. The first-order valence-corrected chi connectivity index (χ1v) is 7.43. The van der Waals surface area contributed by atoms with Crippen LogP contribution in [0.25, 0.3) is 21.8 Å². The molecule has 4 aromatic rings. The third-order valence-electron chi connectivity index (χ3n) is 3.45. The molecule has 0 saturated carbocycles. The number of aryl methyl sites for hydroxylation is 1. The van der Waals surface area contributed by atoms with Gasteiger partial charge in [0.1, 0.15) is 11.4 Å². The maximum Gasteiger partial charge on any atom is 0.162 e. The van der Waals surface area contributed by atoms with E-state index in [-0.39, 0.29) is 0 Å². The molecular formula is C16H12N4S. The highest BCUT2D eigenvalue weighted by Crippen LogP contribution is 2.35. The van der Waals surface area contributed by atoms with E-state index in [0.29, 0.717) is 0 Å². The lowest BCUT2D eigenvalue weighted by molar-refractivity contribution is 0.784. The highest BCUT2D eigenvalue weighted by molar-refractivity contribution is 7.99. The van der Waals surface area contributed by atoms with Crippen LogP contribution in [0.15, 0.2) is 64.9 Å². The van der Waals surface area contributed by atoms with Crippen molar-refractivity contribution >= 4 is 33.6 Å². The Bertz CT molecular complexity index is 940. The average molecular weight is 292 g/mol. The lowest BCUT2D eigenvalue weighted by Gasteiger charge is -2.06. The molecule has 0 aliphatic carbocycles. The quantitative estimate of drug-likeness (QED) is 0.529. The van der Waals surface area contributed by atoms with E-state index >= 15 is 0 Å². The monoisotopic (exact) mass is 292 g/mol. The Hall–Kier alpha value is -2.40. The first kappa shape index (κ1) is 12.3. The molecule has 102 valence electrons. The summed E-state index contributed by atoms with van der Waals surface area (Å²) in [5.41, 5.74) is 0.854. The fourth-order valence-corrected chi connectivity index (χ4v) is 3.42. The van der Waals surface area contributed by atoms with E-state index < -0.39 is 0 Å². The lowest BCUT2D eigenvalue weighted by atomic mass is 10.1. The number of benzene rings is 2. The molecule has 2 aromatic heterocycles. The Labute approximate surface area is 125 Å². The van der Waals surface area contributed by atoms with Gasteiger partial charge in [-0.2, -0.15) is 5.10 Å². The van der Waals surface area contributed by atoms with Crippen molar-refractivity contribution in [2.75, 3.05) is 0 Å². The highest BCUT2D eigenvalue weighted by atomic mass is 32.2. The number of hydrogen-bond acceptors (Lipinski definition) is 4. The van der Waals surface area contributed by atoms with E-state index in [1.807, 2.05) is 13.2 Å². The van der Waals surface area contributed by atoms with Crippen molar-refractivity contribution in [1.82, 2.24) is 19.7 Å². The van der Waals surface area contributed by atoms with E-state index in [1.165, 1.54) is 15.7 Å². The van der Waals surface area contributed by atoms with Gasteiger partial charge in [-0.15, -0.1) is 0 Å². The summed E-state index contributed by atoms with van der Waals surface area (Å²) in [5.74, 6) is 0. The molecule has 0 radical (unpaired) electrons. The fourth-order valence-electron chi connectivity index (χ4n) is 2.41. The van der Waals surface area contributed by atoms with Crippen LogP contribution in [0.4, 0.5) is 0 Å². The molecular weight excluding hydrogens is 280 g/mol. The maximum atomic E-state index is 4.42. The fraction of sp³-hybridized carbons (Fsp3) is 0.0625. The first-order valence-electron chi connectivity index (χ1n) is 6.61. The van der Waals surface area contributed by atoms with Gasteiger partial charge in [-0.25, -0.2) is 9.97 Å². The molecule has 0 saturated heterocycles. The van der Waals surface area contributed by atoms with Crippen LogP contribution in [-0.2, 0) is 7.05 Å². The molecule has 0 aliphatic heterocycles. The van der Waals surface area contributed by atoms with Gasteiger partial charge in [0.15, 0.2) is 5.65 Å². The number of hydrogen-bond donors (Lipinski definition) is 0. The smallest absolute Gasteiger partial charge is 0.162 e. The Morgan fingerprint density at radius 3 is 2.76 bits per heavy atom. The van der Waals surface area contributed by atoms with Crippen molar-refractivity contribution in [2.24, 2.45) is 7.05 Å². The topological polar surface area (TPSA) is 43.6 Å². The van der Waals surface area contributed by atoms with Crippen molar-refractivity contribution in [1.29, 1.82) is 0 Å². The molecule has 5 heteroatoms. The zero-order valence-electron chi connectivity index (χ0n) is 11.4. The maximum absolute atomic E-state index is 4.42. The molecule has 4 rings (SSSR count). The average Bonchev–Trinajstić information content (AvgIpc) is 2.90. The van der Waals surface area contributed by atoms with Gasteiger partial charge in [-0.1, -0.05) is 48.2 Å². The van der Waals surface area contributed by atoms with Gasteiger partial charge in [-0.3, -0.25) is 4.68 Å². The van der Waals surface area contributed by atoms with Crippen LogP contribution in [0.5, 0.6) is 0 Å². The first-order chi connectivity index (χ1) is 10.3. The predicted octanol–water partition coefficient (Wildman–Crippen LogP) is 3.67. The number of aromatic nitrogens is 4. The van der Waals surface area contributed by atoms with Gasteiger partial charge in [0.05, 0.1) is 11.6 Å². The van der Waals surface area contributed by atoms with E-state index in [1.54, 1.807) is 22.8 Å². The molecule has 0 fully saturated rings. The van der Waals surface area contributed by atoms with E-state index in [9.17, 15) is 0 Å². The minimum atomic E-state index is 0.854. The summed E-state index contributed by atoms with van der Waals surface area (Å²) in [6, 6.07) is 14.7. The molecule has 2 aromatic carbocycles. The van der Waals surface area contributed by atoms with Crippen molar-refractivity contribution in [2.45, 2.75) is 9.92 Å². The zero-order valence-corrected chi connectivity index (χ0v) is 12.2. The van der Waals surface area contributed by atoms with Gasteiger partial charge in [0.25, 0.3) is 0 Å². The SMILES string of the molecule is Cn1ncc2c(Sc3cccc4ccccc34)ncnc21. The Morgan fingerprint density at radius 2 is 1.81 bits per heavy atom. The van der Waals surface area contributed by atoms with Crippen LogP contribution >= 0.6 is 11.8 Å². The molecule has 2 heterocycles.